The summed E-state index contributed by atoms with van der Waals surface area (Å²) in [5.41, 5.74) is 2.66. The zero-order chi connectivity index (χ0) is 39.7. The fourth-order valence-electron chi connectivity index (χ4n) is 6.81. The number of hydrogen-bond acceptors (Lipinski definition) is 14. The molecule has 7 rings (SSSR count). The largest absolute Gasteiger partial charge is 0.491 e. The van der Waals surface area contributed by atoms with Gasteiger partial charge in [-0.25, -0.2) is 15.0 Å². The maximum Gasteiger partial charge on any atom is 0.270 e. The van der Waals surface area contributed by atoms with Crippen LogP contribution in [0.2, 0.25) is 0 Å². The highest BCUT2D eigenvalue weighted by Crippen LogP contribution is 2.34. The minimum Gasteiger partial charge on any atom is -0.491 e. The second kappa shape index (κ2) is 18.4. The topological polar surface area (TPSA) is 183 Å². The monoisotopic (exact) mass is 797 g/mol. The number of carbonyl (C=O) groups excluding carboxylic acids is 5. The average molecular weight is 798 g/mol. The molecule has 1 aromatic carbocycles. The number of anilines is 2. The smallest absolute Gasteiger partial charge is 0.270 e. The number of nitrogens with zero attached hydrogens (tertiary/aromatic N) is 6. The summed E-state index contributed by atoms with van der Waals surface area (Å²) < 4.78 is 22.6. The first kappa shape index (κ1) is 39.5. The molecule has 4 amide bonds. The van der Waals surface area contributed by atoms with Crippen molar-refractivity contribution in [2.24, 2.45) is 0 Å². The SMILES string of the molecule is CN(C(=O)c1ccc(OCCOCCOCCOc2ccc(N3CCc4nc(-c5ccc(N6CCCC6)nc5)sc4C3=O)cn2)cc1C=O)C1CCC(=O)NC1=O. The molecule has 2 fully saturated rings. The van der Waals surface area contributed by atoms with Crippen LogP contribution in [0, 0.1) is 0 Å². The van der Waals surface area contributed by atoms with E-state index in [2.05, 4.69) is 20.2 Å². The second-order valence-corrected chi connectivity index (χ2v) is 14.6. The summed E-state index contributed by atoms with van der Waals surface area (Å²) >= 11 is 1.40. The van der Waals surface area contributed by atoms with Gasteiger partial charge in [-0.3, -0.25) is 29.3 Å². The molecule has 1 N–H and O–H groups in total. The van der Waals surface area contributed by atoms with Gasteiger partial charge in [0.2, 0.25) is 17.7 Å². The Bertz CT molecular complexity index is 2090. The third-order valence-corrected chi connectivity index (χ3v) is 11.0. The van der Waals surface area contributed by atoms with E-state index in [4.69, 9.17) is 23.9 Å². The summed E-state index contributed by atoms with van der Waals surface area (Å²) in [6, 6.07) is 11.3. The number of likely N-dealkylation sites (N-methyl/N-ethyl adjacent to an activating group) is 1. The highest BCUT2D eigenvalue weighted by atomic mass is 32.1. The number of nitrogens with one attached hydrogen (secondary N) is 1. The van der Waals surface area contributed by atoms with Gasteiger partial charge < -0.3 is 33.6 Å². The van der Waals surface area contributed by atoms with E-state index in [1.54, 1.807) is 23.2 Å². The van der Waals surface area contributed by atoms with Gasteiger partial charge in [0.1, 0.15) is 40.7 Å². The van der Waals surface area contributed by atoms with Crippen LogP contribution in [-0.4, -0.2) is 122 Å². The van der Waals surface area contributed by atoms with Crippen LogP contribution in [0.15, 0.2) is 54.9 Å². The van der Waals surface area contributed by atoms with Crippen LogP contribution in [0.4, 0.5) is 11.5 Å². The van der Waals surface area contributed by atoms with E-state index < -0.39 is 17.9 Å². The maximum absolute atomic E-state index is 13.5. The number of benzene rings is 1. The molecular formula is C40H43N7O9S. The van der Waals surface area contributed by atoms with Crippen molar-refractivity contribution in [2.45, 2.75) is 38.1 Å². The lowest BCUT2D eigenvalue weighted by Gasteiger charge is -2.30. The van der Waals surface area contributed by atoms with Crippen molar-refractivity contribution >= 4 is 52.8 Å². The highest BCUT2D eigenvalue weighted by Gasteiger charge is 2.33. The number of carbonyl (C=O) groups is 5. The Kier molecular flexibility index (Phi) is 12.8. The number of piperidine rings is 1. The molecule has 57 heavy (non-hydrogen) atoms. The molecule has 1 atom stereocenters. The molecular weight excluding hydrogens is 755 g/mol. The molecule has 16 nitrogen and oxygen atoms in total. The van der Waals surface area contributed by atoms with Crippen LogP contribution in [0.1, 0.15) is 61.8 Å². The summed E-state index contributed by atoms with van der Waals surface area (Å²) in [6.45, 7) is 4.30. The average Bonchev–Trinajstić information content (AvgIpc) is 3.94. The molecule has 1 unspecified atom stereocenters. The van der Waals surface area contributed by atoms with Crippen molar-refractivity contribution in [3.63, 3.8) is 0 Å². The van der Waals surface area contributed by atoms with Crippen LogP contribution >= 0.6 is 11.3 Å². The number of rotatable bonds is 17. The van der Waals surface area contributed by atoms with Gasteiger partial charge in [-0.2, -0.15) is 0 Å². The molecule has 298 valence electrons. The van der Waals surface area contributed by atoms with Gasteiger partial charge in [0.05, 0.1) is 49.6 Å². The molecule has 0 aliphatic carbocycles. The molecule has 3 aromatic heterocycles. The molecule has 0 saturated carbocycles. The predicted octanol–water partition coefficient (Wildman–Crippen LogP) is 3.58. The molecule has 3 aliphatic heterocycles. The predicted molar refractivity (Wildman–Crippen MR) is 209 cm³/mol. The lowest BCUT2D eigenvalue weighted by molar-refractivity contribution is -0.136. The number of aromatic nitrogens is 3. The first-order chi connectivity index (χ1) is 27.8. The Hall–Kier alpha value is -5.78. The number of hydrogen-bond donors (Lipinski definition) is 1. The number of imide groups is 1. The molecule has 0 radical (unpaired) electrons. The molecule has 4 aromatic rings. The molecule has 2 saturated heterocycles. The Labute approximate surface area is 333 Å². The Morgan fingerprint density at radius 1 is 0.912 bits per heavy atom. The van der Waals surface area contributed by atoms with Crippen molar-refractivity contribution in [1.29, 1.82) is 0 Å². The Morgan fingerprint density at radius 2 is 1.68 bits per heavy atom. The van der Waals surface area contributed by atoms with Crippen LogP contribution in [0.3, 0.4) is 0 Å². The van der Waals surface area contributed by atoms with E-state index in [-0.39, 0.29) is 55.6 Å². The summed E-state index contributed by atoms with van der Waals surface area (Å²) in [5, 5.41) is 3.03. The standard InChI is InChI=1S/C40H43N7O9S/c1-45(32-8-10-34(49)44-37(32)50)39(51)30-7-6-29(22-27(30)25-48)55-20-18-53-16-17-54-19-21-56-35-11-5-28(24-42-35)47-15-12-31-36(40(47)52)57-38(43-31)26-4-9-33(41-23-26)46-13-2-3-14-46/h4-7,9,11,22-25,32H,2-3,8,10,12-21H2,1H3,(H,44,49,50). The quantitative estimate of drug-likeness (QED) is 0.0931. The molecule has 17 heteroatoms. The normalized spacial score (nSPS) is 16.6. The zero-order valence-electron chi connectivity index (χ0n) is 31.5. The number of pyridine rings is 2. The van der Waals surface area contributed by atoms with E-state index in [9.17, 15) is 24.0 Å². The third kappa shape index (κ3) is 9.44. The van der Waals surface area contributed by atoms with Gasteiger partial charge in [0.15, 0.2) is 6.29 Å². The summed E-state index contributed by atoms with van der Waals surface area (Å²) in [5.74, 6) is 0.263. The number of amides is 4. The maximum atomic E-state index is 13.5. The van der Waals surface area contributed by atoms with E-state index >= 15 is 0 Å². The van der Waals surface area contributed by atoms with Gasteiger partial charge in [-0.15, -0.1) is 11.3 Å². The lowest BCUT2D eigenvalue weighted by Crippen LogP contribution is -2.53. The van der Waals surface area contributed by atoms with Gasteiger partial charge in [-0.05, 0) is 55.7 Å². The van der Waals surface area contributed by atoms with Crippen molar-refractivity contribution in [1.82, 2.24) is 25.2 Å². The van der Waals surface area contributed by atoms with E-state index in [0.717, 1.165) is 35.2 Å². The van der Waals surface area contributed by atoms with Gasteiger partial charge in [0, 0.05) is 62.9 Å². The highest BCUT2D eigenvalue weighted by molar-refractivity contribution is 7.17. The molecule has 6 heterocycles. The minimum absolute atomic E-state index is 0.0910. The summed E-state index contributed by atoms with van der Waals surface area (Å²) in [7, 11) is 1.46. The molecule has 0 bridgehead atoms. The number of aldehydes is 1. The van der Waals surface area contributed by atoms with Gasteiger partial charge >= 0.3 is 0 Å². The van der Waals surface area contributed by atoms with Gasteiger partial charge in [-0.1, -0.05) is 0 Å². The van der Waals surface area contributed by atoms with Crippen LogP contribution < -0.4 is 24.6 Å². The molecule has 0 spiro atoms. The first-order valence-corrected chi connectivity index (χ1v) is 19.7. The number of thiazole rings is 1. The van der Waals surface area contributed by atoms with Crippen molar-refractivity contribution in [3.05, 3.63) is 76.6 Å². The Balaban J connectivity index is 0.776. The Morgan fingerprint density at radius 3 is 2.39 bits per heavy atom. The molecule has 3 aliphatic rings. The van der Waals surface area contributed by atoms with Crippen LogP contribution in [-0.2, 0) is 25.5 Å². The second-order valence-electron chi connectivity index (χ2n) is 13.6. The van der Waals surface area contributed by atoms with Crippen molar-refractivity contribution in [3.8, 4) is 22.2 Å². The lowest BCUT2D eigenvalue weighted by atomic mass is 10.0. The van der Waals surface area contributed by atoms with Crippen LogP contribution in [0.5, 0.6) is 11.6 Å². The first-order valence-electron chi connectivity index (χ1n) is 18.9. The van der Waals surface area contributed by atoms with Crippen molar-refractivity contribution in [2.75, 3.05) is 76.1 Å². The van der Waals surface area contributed by atoms with Crippen molar-refractivity contribution < 1.29 is 42.9 Å². The third-order valence-electron chi connectivity index (χ3n) is 9.89. The summed E-state index contributed by atoms with van der Waals surface area (Å²) in [6.07, 6.45) is 7.42. The minimum atomic E-state index is -0.801. The fraction of sp³-hybridized carbons (Fsp3) is 0.400. The van der Waals surface area contributed by atoms with E-state index in [0.29, 0.717) is 61.3 Å². The van der Waals surface area contributed by atoms with Gasteiger partial charge in [0.25, 0.3) is 11.8 Å². The summed E-state index contributed by atoms with van der Waals surface area (Å²) in [4.78, 5) is 81.6. The van der Waals surface area contributed by atoms with E-state index in [1.807, 2.05) is 24.4 Å². The van der Waals surface area contributed by atoms with Crippen LogP contribution in [0.25, 0.3) is 10.6 Å². The fourth-order valence-corrected chi connectivity index (χ4v) is 7.87. The number of fused-ring (bicyclic) bond motifs is 1. The van der Waals surface area contributed by atoms with E-state index in [1.165, 1.54) is 48.3 Å². The number of ether oxygens (including phenoxy) is 4. The zero-order valence-corrected chi connectivity index (χ0v) is 32.3.